The summed E-state index contributed by atoms with van der Waals surface area (Å²) < 4.78 is 19.0. The fraction of sp³-hybridized carbons (Fsp3) is 0. The van der Waals surface area contributed by atoms with Crippen LogP contribution < -0.4 is 16.2 Å². The molecule has 5 nitrogen and oxygen atoms in total. The summed E-state index contributed by atoms with van der Waals surface area (Å²) in [6.07, 6.45) is 1.33. The number of aromatic nitrogens is 2. The van der Waals surface area contributed by atoms with Crippen LogP contribution in [0.15, 0.2) is 28.9 Å². The van der Waals surface area contributed by atoms with Gasteiger partial charge in [0.25, 0.3) is 0 Å². The molecule has 7 heteroatoms. The van der Waals surface area contributed by atoms with Gasteiger partial charge in [-0.3, -0.25) is 0 Å². The Kier molecular flexibility index (Phi) is 3.10. The Morgan fingerprint density at radius 3 is 2.71 bits per heavy atom. The van der Waals surface area contributed by atoms with Crippen LogP contribution in [0, 0.1) is 5.82 Å². The highest BCUT2D eigenvalue weighted by Crippen LogP contribution is 2.32. The second-order valence-electron chi connectivity index (χ2n) is 3.15. The minimum Gasteiger partial charge on any atom is -0.451 e. The molecule has 4 N–H and O–H groups in total. The molecule has 0 spiro atoms. The molecule has 2 aromatic rings. The van der Waals surface area contributed by atoms with Crippen molar-refractivity contribution in [2.24, 2.45) is 0 Å². The van der Waals surface area contributed by atoms with Crippen LogP contribution in [0.3, 0.4) is 0 Å². The highest BCUT2D eigenvalue weighted by molar-refractivity contribution is 9.10. The van der Waals surface area contributed by atoms with E-state index in [0.717, 1.165) is 0 Å². The molecular formula is C10H8BrFN4O. The van der Waals surface area contributed by atoms with Gasteiger partial charge in [0.15, 0.2) is 11.6 Å². The standard InChI is InChI=1S/C10H8BrFN4O/c11-6-2-1-5(12)3-7(6)17-8-4-15-10(14)16-9(8)13/h1-4H,(H4,13,14,15,16). The number of halogens is 2. The number of rotatable bonds is 2. The molecule has 1 heterocycles. The molecule has 0 aliphatic carbocycles. The highest BCUT2D eigenvalue weighted by Gasteiger charge is 2.08. The normalized spacial score (nSPS) is 10.2. The van der Waals surface area contributed by atoms with Gasteiger partial charge in [-0.05, 0) is 28.1 Å². The SMILES string of the molecule is Nc1ncc(Oc2cc(F)ccc2Br)c(N)n1. The van der Waals surface area contributed by atoms with Crippen LogP contribution in [0.5, 0.6) is 11.5 Å². The van der Waals surface area contributed by atoms with Gasteiger partial charge in [0.05, 0.1) is 10.7 Å². The molecule has 0 radical (unpaired) electrons. The molecule has 1 aromatic carbocycles. The maximum absolute atomic E-state index is 13.0. The number of hydrogen-bond acceptors (Lipinski definition) is 5. The summed E-state index contributed by atoms with van der Waals surface area (Å²) in [5.41, 5.74) is 10.9. The van der Waals surface area contributed by atoms with Crippen LogP contribution in [0.25, 0.3) is 0 Å². The van der Waals surface area contributed by atoms with E-state index < -0.39 is 5.82 Å². The van der Waals surface area contributed by atoms with Crippen molar-refractivity contribution < 1.29 is 9.13 Å². The first-order valence-electron chi connectivity index (χ1n) is 4.57. The lowest BCUT2D eigenvalue weighted by molar-refractivity contribution is 0.472. The molecule has 0 bridgehead atoms. The molecule has 1 aromatic heterocycles. The van der Waals surface area contributed by atoms with Gasteiger partial charge in [-0.1, -0.05) is 0 Å². The monoisotopic (exact) mass is 298 g/mol. The van der Waals surface area contributed by atoms with Crippen molar-refractivity contribution in [3.63, 3.8) is 0 Å². The van der Waals surface area contributed by atoms with E-state index in [1.54, 1.807) is 0 Å². The van der Waals surface area contributed by atoms with Gasteiger partial charge in [0.2, 0.25) is 5.95 Å². The van der Waals surface area contributed by atoms with Gasteiger partial charge in [0, 0.05) is 6.07 Å². The van der Waals surface area contributed by atoms with Gasteiger partial charge >= 0.3 is 0 Å². The number of nitrogens with two attached hydrogens (primary N) is 2. The Hall–Kier alpha value is -1.89. The molecular weight excluding hydrogens is 291 g/mol. The third kappa shape index (κ3) is 2.62. The zero-order valence-corrected chi connectivity index (χ0v) is 10.1. The number of benzene rings is 1. The number of hydrogen-bond donors (Lipinski definition) is 2. The molecule has 0 aliphatic heterocycles. The van der Waals surface area contributed by atoms with Crippen LogP contribution in [0.2, 0.25) is 0 Å². The summed E-state index contributed by atoms with van der Waals surface area (Å²) in [5, 5.41) is 0. The molecule has 0 saturated carbocycles. The summed E-state index contributed by atoms with van der Waals surface area (Å²) in [6.45, 7) is 0. The molecule has 0 saturated heterocycles. The van der Waals surface area contributed by atoms with Crippen LogP contribution in [-0.4, -0.2) is 9.97 Å². The van der Waals surface area contributed by atoms with Crippen molar-refractivity contribution in [1.82, 2.24) is 9.97 Å². The average Bonchev–Trinajstić information content (AvgIpc) is 2.27. The third-order valence-corrected chi connectivity index (χ3v) is 2.57. The molecule has 2 rings (SSSR count). The van der Waals surface area contributed by atoms with Gasteiger partial charge in [-0.25, -0.2) is 9.37 Å². The topological polar surface area (TPSA) is 87.0 Å². The zero-order valence-electron chi connectivity index (χ0n) is 8.52. The minimum absolute atomic E-state index is 0.0492. The average molecular weight is 299 g/mol. The molecule has 0 fully saturated rings. The van der Waals surface area contributed by atoms with Crippen LogP contribution in [0.4, 0.5) is 16.2 Å². The largest absolute Gasteiger partial charge is 0.451 e. The molecule has 88 valence electrons. The Morgan fingerprint density at radius 2 is 2.00 bits per heavy atom. The fourth-order valence-electron chi connectivity index (χ4n) is 1.15. The molecule has 17 heavy (non-hydrogen) atoms. The van der Waals surface area contributed by atoms with Gasteiger partial charge in [0.1, 0.15) is 11.6 Å². The molecule has 0 unspecified atom stereocenters. The summed E-state index contributed by atoms with van der Waals surface area (Å²) in [5.74, 6) is 0.218. The van der Waals surface area contributed by atoms with E-state index in [2.05, 4.69) is 25.9 Å². The van der Waals surface area contributed by atoms with Crippen molar-refractivity contribution in [1.29, 1.82) is 0 Å². The second-order valence-corrected chi connectivity index (χ2v) is 4.01. The number of ether oxygens (including phenoxy) is 1. The first kappa shape index (κ1) is 11.6. The van der Waals surface area contributed by atoms with E-state index in [-0.39, 0.29) is 23.3 Å². The van der Waals surface area contributed by atoms with Crippen LogP contribution in [0.1, 0.15) is 0 Å². The maximum Gasteiger partial charge on any atom is 0.222 e. The Labute approximate surface area is 105 Å². The van der Waals surface area contributed by atoms with Crippen molar-refractivity contribution in [3.8, 4) is 11.5 Å². The summed E-state index contributed by atoms with van der Waals surface area (Å²) in [6, 6.07) is 4.05. The van der Waals surface area contributed by atoms with E-state index >= 15 is 0 Å². The van der Waals surface area contributed by atoms with Gasteiger partial charge < -0.3 is 16.2 Å². The Balaban J connectivity index is 2.34. The molecule has 0 amide bonds. The molecule has 0 atom stereocenters. The van der Waals surface area contributed by atoms with E-state index in [4.69, 9.17) is 16.2 Å². The van der Waals surface area contributed by atoms with Crippen molar-refractivity contribution in [2.75, 3.05) is 11.5 Å². The Bertz CT molecular complexity index is 564. The first-order chi connectivity index (χ1) is 8.06. The van der Waals surface area contributed by atoms with E-state index in [1.807, 2.05) is 0 Å². The third-order valence-electron chi connectivity index (χ3n) is 1.91. The minimum atomic E-state index is -0.418. The summed E-state index contributed by atoms with van der Waals surface area (Å²) in [4.78, 5) is 7.47. The highest BCUT2D eigenvalue weighted by atomic mass is 79.9. The van der Waals surface area contributed by atoms with Gasteiger partial charge in [-0.15, -0.1) is 0 Å². The van der Waals surface area contributed by atoms with Gasteiger partial charge in [-0.2, -0.15) is 4.98 Å². The summed E-state index contributed by atoms with van der Waals surface area (Å²) in [7, 11) is 0. The quantitative estimate of drug-likeness (QED) is 0.888. The van der Waals surface area contributed by atoms with Crippen molar-refractivity contribution in [2.45, 2.75) is 0 Å². The fourth-order valence-corrected chi connectivity index (χ4v) is 1.48. The molecule has 0 aliphatic rings. The lowest BCUT2D eigenvalue weighted by atomic mass is 10.3. The summed E-state index contributed by atoms with van der Waals surface area (Å²) >= 11 is 3.23. The zero-order chi connectivity index (χ0) is 12.4. The number of nitrogens with zero attached hydrogens (tertiary/aromatic N) is 2. The number of nitrogen functional groups attached to an aromatic ring is 2. The predicted molar refractivity (Wildman–Crippen MR) is 65.0 cm³/mol. The van der Waals surface area contributed by atoms with Crippen molar-refractivity contribution in [3.05, 3.63) is 34.7 Å². The lowest BCUT2D eigenvalue weighted by Crippen LogP contribution is -2.01. The first-order valence-corrected chi connectivity index (χ1v) is 5.36. The van der Waals surface area contributed by atoms with E-state index in [0.29, 0.717) is 4.47 Å². The van der Waals surface area contributed by atoms with Crippen LogP contribution in [-0.2, 0) is 0 Å². The smallest absolute Gasteiger partial charge is 0.222 e. The predicted octanol–water partition coefficient (Wildman–Crippen LogP) is 2.33. The Morgan fingerprint density at radius 1 is 1.24 bits per heavy atom. The van der Waals surface area contributed by atoms with E-state index in [1.165, 1.54) is 24.4 Å². The lowest BCUT2D eigenvalue weighted by Gasteiger charge is -2.09. The number of anilines is 2. The van der Waals surface area contributed by atoms with Crippen molar-refractivity contribution >= 4 is 27.7 Å². The maximum atomic E-state index is 13.0. The second kappa shape index (κ2) is 4.54. The van der Waals surface area contributed by atoms with Crippen LogP contribution >= 0.6 is 15.9 Å². The van der Waals surface area contributed by atoms with E-state index in [9.17, 15) is 4.39 Å².